The minimum absolute atomic E-state index is 0.0739. The Bertz CT molecular complexity index is 379. The fourth-order valence-electron chi connectivity index (χ4n) is 1.50. The Kier molecular flexibility index (Phi) is 4.97. The van der Waals surface area contributed by atoms with Gasteiger partial charge in [0, 0.05) is 0 Å². The van der Waals surface area contributed by atoms with E-state index in [-0.39, 0.29) is 11.9 Å². The lowest BCUT2D eigenvalue weighted by Crippen LogP contribution is -2.41. The van der Waals surface area contributed by atoms with Gasteiger partial charge in [-0.2, -0.15) is 0 Å². The Morgan fingerprint density at radius 2 is 2.24 bits per heavy atom. The molecule has 0 saturated heterocycles. The molecule has 17 heavy (non-hydrogen) atoms. The number of benzene rings is 1. The molecule has 0 spiro atoms. The van der Waals surface area contributed by atoms with Gasteiger partial charge in [0.05, 0.1) is 19.2 Å². The van der Waals surface area contributed by atoms with Gasteiger partial charge in [0.15, 0.2) is 0 Å². The Morgan fingerprint density at radius 1 is 1.53 bits per heavy atom. The van der Waals surface area contributed by atoms with Gasteiger partial charge >= 0.3 is 0 Å². The second kappa shape index (κ2) is 6.25. The minimum Gasteiger partial charge on any atom is -0.497 e. The van der Waals surface area contributed by atoms with E-state index in [0.29, 0.717) is 6.42 Å². The van der Waals surface area contributed by atoms with E-state index in [9.17, 15) is 4.79 Å². The van der Waals surface area contributed by atoms with Crippen LogP contribution in [0.5, 0.6) is 5.75 Å². The molecule has 1 amide bonds. The lowest BCUT2D eigenvalue weighted by molar-refractivity contribution is -0.123. The molecule has 0 aromatic heterocycles. The monoisotopic (exact) mass is 236 g/mol. The number of ether oxygens (including phenoxy) is 1. The van der Waals surface area contributed by atoms with Gasteiger partial charge < -0.3 is 15.8 Å². The molecule has 4 nitrogen and oxygen atoms in total. The third-order valence-corrected chi connectivity index (χ3v) is 2.73. The van der Waals surface area contributed by atoms with Gasteiger partial charge in [-0.25, -0.2) is 0 Å². The van der Waals surface area contributed by atoms with Crippen molar-refractivity contribution in [2.75, 3.05) is 7.11 Å². The first-order chi connectivity index (χ1) is 8.08. The molecule has 0 bridgehead atoms. The Morgan fingerprint density at radius 3 is 2.82 bits per heavy atom. The van der Waals surface area contributed by atoms with Gasteiger partial charge in [-0.05, 0) is 31.0 Å². The normalized spacial score (nSPS) is 13.9. The number of amides is 1. The SMILES string of the molecule is CC[C@H](N)C(=O)N[C@H](C)c1cccc(OC)c1. The highest BCUT2D eigenvalue weighted by molar-refractivity contribution is 5.81. The van der Waals surface area contributed by atoms with E-state index in [1.807, 2.05) is 38.1 Å². The Labute approximate surface area is 102 Å². The molecule has 2 atom stereocenters. The standard InChI is InChI=1S/C13H20N2O2/c1-4-12(14)13(16)15-9(2)10-6-5-7-11(8-10)17-3/h5-9,12H,4,14H2,1-3H3,(H,15,16)/t9-,12+/m1/s1. The number of carbonyl (C=O) groups excluding carboxylic acids is 1. The third-order valence-electron chi connectivity index (χ3n) is 2.73. The van der Waals surface area contributed by atoms with Gasteiger partial charge in [0.2, 0.25) is 5.91 Å². The summed E-state index contributed by atoms with van der Waals surface area (Å²) in [4.78, 5) is 11.6. The topological polar surface area (TPSA) is 64.4 Å². The van der Waals surface area contributed by atoms with E-state index in [1.54, 1.807) is 7.11 Å². The van der Waals surface area contributed by atoms with E-state index in [2.05, 4.69) is 5.32 Å². The molecule has 3 N–H and O–H groups in total. The predicted molar refractivity (Wildman–Crippen MR) is 67.8 cm³/mol. The summed E-state index contributed by atoms with van der Waals surface area (Å²) in [5, 5.41) is 2.88. The van der Waals surface area contributed by atoms with Crippen LogP contribution in [0.4, 0.5) is 0 Å². The van der Waals surface area contributed by atoms with Crippen molar-refractivity contribution in [3.63, 3.8) is 0 Å². The maximum Gasteiger partial charge on any atom is 0.237 e. The summed E-state index contributed by atoms with van der Waals surface area (Å²) < 4.78 is 5.14. The number of hydrogen-bond donors (Lipinski definition) is 2. The molecule has 0 aliphatic rings. The third kappa shape index (κ3) is 3.75. The molecule has 0 radical (unpaired) electrons. The van der Waals surface area contributed by atoms with Gasteiger partial charge in [-0.1, -0.05) is 19.1 Å². The van der Waals surface area contributed by atoms with Gasteiger partial charge in [-0.3, -0.25) is 4.79 Å². The summed E-state index contributed by atoms with van der Waals surface area (Å²) in [5.41, 5.74) is 6.66. The second-order valence-corrected chi connectivity index (χ2v) is 4.02. The lowest BCUT2D eigenvalue weighted by atomic mass is 10.1. The molecule has 1 rings (SSSR count). The number of nitrogens with one attached hydrogen (secondary N) is 1. The highest BCUT2D eigenvalue weighted by Crippen LogP contribution is 2.18. The molecule has 0 fully saturated rings. The summed E-state index contributed by atoms with van der Waals surface area (Å²) in [7, 11) is 1.62. The first-order valence-electron chi connectivity index (χ1n) is 5.78. The largest absolute Gasteiger partial charge is 0.497 e. The van der Waals surface area contributed by atoms with Crippen LogP contribution in [0.15, 0.2) is 24.3 Å². The van der Waals surface area contributed by atoms with Gasteiger partial charge in [0.1, 0.15) is 5.75 Å². The summed E-state index contributed by atoms with van der Waals surface area (Å²) in [6.45, 7) is 3.81. The Hall–Kier alpha value is -1.55. The first kappa shape index (κ1) is 13.5. The predicted octanol–water partition coefficient (Wildman–Crippen LogP) is 1.61. The van der Waals surface area contributed by atoms with E-state index in [0.717, 1.165) is 11.3 Å². The highest BCUT2D eigenvalue weighted by Gasteiger charge is 2.14. The van der Waals surface area contributed by atoms with Crippen molar-refractivity contribution < 1.29 is 9.53 Å². The van der Waals surface area contributed by atoms with Gasteiger partial charge in [-0.15, -0.1) is 0 Å². The van der Waals surface area contributed by atoms with Crippen LogP contribution in [0.25, 0.3) is 0 Å². The fourth-order valence-corrected chi connectivity index (χ4v) is 1.50. The van der Waals surface area contributed by atoms with Crippen LogP contribution in [0.2, 0.25) is 0 Å². The van der Waals surface area contributed by atoms with Crippen molar-refractivity contribution in [2.24, 2.45) is 5.73 Å². The van der Waals surface area contributed by atoms with Gasteiger partial charge in [0.25, 0.3) is 0 Å². The molecule has 0 heterocycles. The van der Waals surface area contributed by atoms with Crippen LogP contribution in [0.1, 0.15) is 31.9 Å². The molecule has 1 aromatic carbocycles. The second-order valence-electron chi connectivity index (χ2n) is 4.02. The van der Waals surface area contributed by atoms with Crippen LogP contribution >= 0.6 is 0 Å². The molecule has 0 unspecified atom stereocenters. The van der Waals surface area contributed by atoms with Crippen molar-refractivity contribution in [1.29, 1.82) is 0 Å². The zero-order chi connectivity index (χ0) is 12.8. The molecule has 0 saturated carbocycles. The number of carbonyl (C=O) groups is 1. The maximum atomic E-state index is 11.6. The summed E-state index contributed by atoms with van der Waals surface area (Å²) in [5.74, 6) is 0.659. The van der Waals surface area contributed by atoms with E-state index in [1.165, 1.54) is 0 Å². The highest BCUT2D eigenvalue weighted by atomic mass is 16.5. The fraction of sp³-hybridized carbons (Fsp3) is 0.462. The van der Waals surface area contributed by atoms with E-state index < -0.39 is 6.04 Å². The van der Waals surface area contributed by atoms with Crippen molar-refractivity contribution >= 4 is 5.91 Å². The first-order valence-corrected chi connectivity index (χ1v) is 5.78. The van der Waals surface area contributed by atoms with Crippen LogP contribution in [0, 0.1) is 0 Å². The van der Waals surface area contributed by atoms with Crippen LogP contribution in [0.3, 0.4) is 0 Å². The van der Waals surface area contributed by atoms with Crippen LogP contribution < -0.4 is 15.8 Å². The molecular weight excluding hydrogens is 216 g/mol. The van der Waals surface area contributed by atoms with E-state index in [4.69, 9.17) is 10.5 Å². The van der Waals surface area contributed by atoms with Crippen molar-refractivity contribution in [3.05, 3.63) is 29.8 Å². The van der Waals surface area contributed by atoms with Crippen molar-refractivity contribution in [3.8, 4) is 5.75 Å². The lowest BCUT2D eigenvalue weighted by Gasteiger charge is -2.17. The summed E-state index contributed by atoms with van der Waals surface area (Å²) in [6.07, 6.45) is 0.636. The molecule has 94 valence electrons. The Balaban J connectivity index is 2.69. The molecule has 0 aliphatic heterocycles. The minimum atomic E-state index is -0.442. The smallest absolute Gasteiger partial charge is 0.237 e. The molecule has 4 heteroatoms. The number of methoxy groups -OCH3 is 1. The zero-order valence-corrected chi connectivity index (χ0v) is 10.6. The quantitative estimate of drug-likeness (QED) is 0.816. The average molecular weight is 236 g/mol. The molecule has 1 aromatic rings. The summed E-state index contributed by atoms with van der Waals surface area (Å²) in [6, 6.07) is 7.11. The number of rotatable bonds is 5. The summed E-state index contributed by atoms with van der Waals surface area (Å²) >= 11 is 0. The van der Waals surface area contributed by atoms with Crippen LogP contribution in [-0.2, 0) is 4.79 Å². The van der Waals surface area contributed by atoms with E-state index >= 15 is 0 Å². The van der Waals surface area contributed by atoms with Crippen LogP contribution in [-0.4, -0.2) is 19.1 Å². The number of nitrogens with two attached hydrogens (primary N) is 1. The van der Waals surface area contributed by atoms with Crippen molar-refractivity contribution in [1.82, 2.24) is 5.32 Å². The number of hydrogen-bond acceptors (Lipinski definition) is 3. The average Bonchev–Trinajstić information content (AvgIpc) is 2.37. The molecular formula is C13H20N2O2. The molecule has 0 aliphatic carbocycles. The maximum absolute atomic E-state index is 11.6. The van der Waals surface area contributed by atoms with Crippen molar-refractivity contribution in [2.45, 2.75) is 32.4 Å². The zero-order valence-electron chi connectivity index (χ0n) is 10.6.